The summed E-state index contributed by atoms with van der Waals surface area (Å²) < 4.78 is 68.8. The molecule has 2 aliphatic heterocycles. The van der Waals surface area contributed by atoms with Gasteiger partial charge < -0.3 is 52.2 Å². The summed E-state index contributed by atoms with van der Waals surface area (Å²) >= 11 is 0. The van der Waals surface area contributed by atoms with Gasteiger partial charge in [0.25, 0.3) is 0 Å². The summed E-state index contributed by atoms with van der Waals surface area (Å²) in [6.45, 7) is 12.8. The van der Waals surface area contributed by atoms with Crippen LogP contribution < -0.4 is 0 Å². The average Bonchev–Trinajstić information content (AvgIpc) is 3.40. The molecule has 0 amide bonds. The summed E-state index contributed by atoms with van der Waals surface area (Å²) in [5, 5.41) is 11.9. The first-order valence-electron chi connectivity index (χ1n) is 25.2. The van der Waals surface area contributed by atoms with E-state index in [0.717, 1.165) is 33.4 Å². The third-order valence-corrected chi connectivity index (χ3v) is 18.3. The lowest BCUT2D eigenvalue weighted by Crippen LogP contribution is -2.64. The molecule has 12 heteroatoms. The zero-order valence-electron chi connectivity index (χ0n) is 42.3. The van der Waals surface area contributed by atoms with E-state index in [1.165, 1.54) is 0 Å². The molecule has 0 aromatic heterocycles. The number of hydrogen-bond donors (Lipinski definition) is 1. The van der Waals surface area contributed by atoms with Crippen molar-refractivity contribution in [3.63, 3.8) is 0 Å². The van der Waals surface area contributed by atoms with Crippen LogP contribution >= 0.6 is 0 Å². The number of ether oxygens (including phenoxy) is 9. The molecule has 0 unspecified atom stereocenters. The predicted molar refractivity (Wildman–Crippen MR) is 279 cm³/mol. The van der Waals surface area contributed by atoms with E-state index in [9.17, 15) is 5.11 Å². The first-order chi connectivity index (χ1) is 35.0. The van der Waals surface area contributed by atoms with Crippen LogP contribution in [0.15, 0.2) is 182 Å². The van der Waals surface area contributed by atoms with Crippen molar-refractivity contribution >= 4 is 8.32 Å². The lowest BCUT2D eigenvalue weighted by molar-refractivity contribution is -0.348. The minimum absolute atomic E-state index is 0.0712. The monoisotopic (exact) mass is 996 g/mol. The highest BCUT2D eigenvalue weighted by atomic mass is 28.4. The number of hydrogen-bond acceptors (Lipinski definition) is 11. The minimum atomic E-state index is -2.31. The molecular formula is C60H72O11Si. The minimum Gasteiger partial charge on any atom is -0.414 e. The fourth-order valence-electron chi connectivity index (χ4n) is 8.61. The van der Waals surface area contributed by atoms with Crippen molar-refractivity contribution < 1.29 is 52.2 Å². The lowest BCUT2D eigenvalue weighted by atomic mass is 9.97. The molecule has 1 N–H and O–H groups in total. The van der Waals surface area contributed by atoms with Gasteiger partial charge in [0.1, 0.15) is 48.8 Å². The first kappa shape index (κ1) is 53.4. The quantitative estimate of drug-likeness (QED) is 0.0585. The normalized spacial score (nSPS) is 24.8. The molecule has 11 nitrogen and oxygen atoms in total. The fourth-order valence-corrected chi connectivity index (χ4v) is 9.62. The zero-order chi connectivity index (χ0) is 50.2. The van der Waals surface area contributed by atoms with Gasteiger partial charge in [-0.15, -0.1) is 0 Å². The van der Waals surface area contributed by atoms with Gasteiger partial charge in [0, 0.05) is 0 Å². The molecule has 8 rings (SSSR count). The van der Waals surface area contributed by atoms with E-state index in [2.05, 4.69) is 33.9 Å². The Kier molecular flexibility index (Phi) is 19.5. The Labute approximate surface area is 427 Å². The summed E-state index contributed by atoms with van der Waals surface area (Å²) in [7, 11) is -2.31. The lowest BCUT2D eigenvalue weighted by Gasteiger charge is -2.48. The van der Waals surface area contributed by atoms with Gasteiger partial charge in [0.05, 0.1) is 52.9 Å². The van der Waals surface area contributed by atoms with Gasteiger partial charge in [-0.2, -0.15) is 0 Å². The van der Waals surface area contributed by atoms with Crippen LogP contribution in [0, 0.1) is 0 Å². The van der Waals surface area contributed by atoms with E-state index in [1.54, 1.807) is 0 Å². The number of benzene rings is 6. The summed E-state index contributed by atoms with van der Waals surface area (Å²) in [5.41, 5.74) is 5.83. The Balaban J connectivity index is 1.14. The maximum atomic E-state index is 12.0. The number of aliphatic hydroxyl groups is 1. The number of rotatable bonds is 24. The van der Waals surface area contributed by atoms with E-state index in [0.29, 0.717) is 6.61 Å². The standard InChI is InChI=1S/C60H72O11Si/c1-60(2,3)72(4,5)69-43-51-53(63-37-45-26-14-7-15-27-45)55(65-39-47-30-18-9-19-31-47)57(67-41-49-34-22-11-23-35-49)59(71-51)68-42-50-52(62-36-44-24-12-6-13-25-44)54(64-38-46-28-16-8-17-29-46)56(58(61)70-50)66-40-48-32-20-10-21-33-48/h6-35,50-59,61H,36-43H2,1-5H3/t50-,51-,52+,53+,54+,55+,56-,57-,58-,59-/m1/s1. The Hall–Kier alpha value is -4.90. The van der Waals surface area contributed by atoms with Gasteiger partial charge in [0.15, 0.2) is 20.9 Å². The molecule has 0 saturated carbocycles. The summed E-state index contributed by atoms with van der Waals surface area (Å²) in [6, 6.07) is 59.9. The molecule has 2 aliphatic rings. The van der Waals surface area contributed by atoms with Crippen LogP contribution in [-0.4, -0.2) is 88.0 Å². The van der Waals surface area contributed by atoms with E-state index >= 15 is 0 Å². The molecule has 2 heterocycles. The van der Waals surface area contributed by atoms with Gasteiger partial charge in [-0.05, 0) is 51.5 Å². The molecule has 10 atom stereocenters. The third kappa shape index (κ3) is 15.1. The molecule has 2 fully saturated rings. The highest BCUT2D eigenvalue weighted by molar-refractivity contribution is 6.74. The number of aliphatic hydroxyl groups excluding tert-OH is 1. The van der Waals surface area contributed by atoms with E-state index in [1.807, 2.05) is 182 Å². The molecule has 2 saturated heterocycles. The average molecular weight is 997 g/mol. The molecule has 72 heavy (non-hydrogen) atoms. The second-order valence-corrected chi connectivity index (χ2v) is 24.9. The molecule has 0 radical (unpaired) electrons. The Morgan fingerprint density at radius 2 is 0.667 bits per heavy atom. The van der Waals surface area contributed by atoms with E-state index in [-0.39, 0.29) is 51.3 Å². The summed E-state index contributed by atoms with van der Waals surface area (Å²) in [5.74, 6) is 0. The van der Waals surface area contributed by atoms with Gasteiger partial charge in [-0.1, -0.05) is 203 Å². The van der Waals surface area contributed by atoms with Crippen LogP contribution in [0.5, 0.6) is 0 Å². The maximum Gasteiger partial charge on any atom is 0.192 e. The highest BCUT2D eigenvalue weighted by Gasteiger charge is 2.52. The van der Waals surface area contributed by atoms with Crippen molar-refractivity contribution in [2.45, 2.75) is 140 Å². The Morgan fingerprint density at radius 1 is 0.375 bits per heavy atom. The van der Waals surface area contributed by atoms with Crippen molar-refractivity contribution in [2.75, 3.05) is 13.2 Å². The van der Waals surface area contributed by atoms with Crippen LogP contribution in [0.25, 0.3) is 0 Å². The summed E-state index contributed by atoms with van der Waals surface area (Å²) in [6.07, 6.45) is -8.60. The molecule has 6 aromatic rings. The van der Waals surface area contributed by atoms with Crippen LogP contribution in [-0.2, 0) is 86.7 Å². The fraction of sp³-hybridized carbons (Fsp3) is 0.400. The Bertz CT molecular complexity index is 2430. The molecule has 382 valence electrons. The summed E-state index contributed by atoms with van der Waals surface area (Å²) in [4.78, 5) is 0. The smallest absolute Gasteiger partial charge is 0.192 e. The van der Waals surface area contributed by atoms with Crippen LogP contribution in [0.3, 0.4) is 0 Å². The van der Waals surface area contributed by atoms with Gasteiger partial charge >= 0.3 is 0 Å². The van der Waals surface area contributed by atoms with E-state index < -0.39 is 69.7 Å². The van der Waals surface area contributed by atoms with Gasteiger partial charge in [0.2, 0.25) is 0 Å². The van der Waals surface area contributed by atoms with Crippen molar-refractivity contribution in [1.82, 2.24) is 0 Å². The van der Waals surface area contributed by atoms with Crippen molar-refractivity contribution in [3.8, 4) is 0 Å². The molecular weight excluding hydrogens is 925 g/mol. The highest BCUT2D eigenvalue weighted by Crippen LogP contribution is 2.39. The van der Waals surface area contributed by atoms with Gasteiger partial charge in [-0.25, -0.2) is 0 Å². The van der Waals surface area contributed by atoms with Crippen molar-refractivity contribution in [2.24, 2.45) is 0 Å². The van der Waals surface area contributed by atoms with Crippen LogP contribution in [0.4, 0.5) is 0 Å². The van der Waals surface area contributed by atoms with E-state index in [4.69, 9.17) is 47.1 Å². The van der Waals surface area contributed by atoms with Gasteiger partial charge in [-0.3, -0.25) is 0 Å². The largest absolute Gasteiger partial charge is 0.414 e. The maximum absolute atomic E-state index is 12.0. The SMILES string of the molecule is CC(C)(C)[Si](C)(C)OC[C@H]1O[C@@H](OC[C@H]2O[C@@H](O)[C@H](OCc3ccccc3)[C@@H](OCc3ccccc3)[C@H]2OCc2ccccc2)[C@H](OCc2ccccc2)[C@@H](OCc2ccccc2)[C@H]1OCc1ccccc1. The zero-order valence-corrected chi connectivity index (χ0v) is 43.3. The third-order valence-electron chi connectivity index (χ3n) is 13.8. The predicted octanol–water partition coefficient (Wildman–Crippen LogP) is 11.0. The van der Waals surface area contributed by atoms with Crippen molar-refractivity contribution in [1.29, 1.82) is 0 Å². The van der Waals surface area contributed by atoms with Crippen LogP contribution in [0.2, 0.25) is 18.1 Å². The second-order valence-electron chi connectivity index (χ2n) is 20.1. The molecule has 0 spiro atoms. The topological polar surface area (TPSA) is 113 Å². The second kappa shape index (κ2) is 26.4. The molecule has 6 aromatic carbocycles. The first-order valence-corrected chi connectivity index (χ1v) is 28.1. The molecule has 0 bridgehead atoms. The molecule has 0 aliphatic carbocycles. The van der Waals surface area contributed by atoms with Crippen LogP contribution in [0.1, 0.15) is 54.2 Å². The Morgan fingerprint density at radius 3 is 1.01 bits per heavy atom. The van der Waals surface area contributed by atoms with Crippen molar-refractivity contribution in [3.05, 3.63) is 215 Å².